The highest BCUT2D eigenvalue weighted by molar-refractivity contribution is 6.07. The lowest BCUT2D eigenvalue weighted by Crippen LogP contribution is -2.48. The van der Waals surface area contributed by atoms with Crippen molar-refractivity contribution >= 4 is 11.8 Å². The normalized spacial score (nSPS) is 22.5. The zero-order chi connectivity index (χ0) is 16.4. The van der Waals surface area contributed by atoms with Crippen LogP contribution in [0.4, 0.5) is 0 Å². The van der Waals surface area contributed by atoms with Crippen LogP contribution in [0.1, 0.15) is 43.7 Å². The first-order chi connectivity index (χ1) is 11.0. The number of likely N-dealkylation sites (tertiary alicyclic amines) is 1. The number of rotatable bonds is 4. The molecule has 0 aromatic heterocycles. The molecule has 1 N–H and O–H groups in total. The van der Waals surface area contributed by atoms with Gasteiger partial charge in [0.15, 0.2) is 0 Å². The summed E-state index contributed by atoms with van der Waals surface area (Å²) < 4.78 is 0. The Labute approximate surface area is 138 Å². The van der Waals surface area contributed by atoms with Gasteiger partial charge in [-0.3, -0.25) is 9.59 Å². The van der Waals surface area contributed by atoms with E-state index in [1.54, 1.807) is 0 Å². The summed E-state index contributed by atoms with van der Waals surface area (Å²) in [7, 11) is 0. The number of carbonyl (C=O) groups is 2. The number of amides is 2. The van der Waals surface area contributed by atoms with Gasteiger partial charge in [0.1, 0.15) is 5.41 Å². The van der Waals surface area contributed by atoms with Gasteiger partial charge in [0.2, 0.25) is 11.8 Å². The molecule has 0 bridgehead atoms. The molecule has 0 spiro atoms. The number of hydrogen-bond acceptors (Lipinski definition) is 2. The lowest BCUT2D eigenvalue weighted by Gasteiger charge is -2.33. The number of nitrogens with zero attached hydrogens (tertiary/aromatic N) is 1. The number of benzene rings is 1. The Morgan fingerprint density at radius 1 is 1.30 bits per heavy atom. The first-order valence-electron chi connectivity index (χ1n) is 8.65. The zero-order valence-electron chi connectivity index (χ0n) is 14.1. The largest absolute Gasteiger partial charge is 0.351 e. The summed E-state index contributed by atoms with van der Waals surface area (Å²) in [6, 6.07) is 8.02. The predicted octanol–water partition coefficient (Wildman–Crippen LogP) is 2.65. The van der Waals surface area contributed by atoms with Crippen molar-refractivity contribution in [2.45, 2.75) is 46.1 Å². The fourth-order valence-corrected chi connectivity index (χ4v) is 3.49. The van der Waals surface area contributed by atoms with E-state index in [0.29, 0.717) is 25.3 Å². The standard InChI is InChI=1S/C19H26N2O2/c1-14-6-5-11-21(13-14)18(23)19(9-10-19)17(22)20-12-16-8-4-3-7-15(16)2/h3-4,7-8,14H,5-6,9-13H2,1-2H3,(H,20,22). The molecule has 2 amide bonds. The minimum Gasteiger partial charge on any atom is -0.351 e. The van der Waals surface area contributed by atoms with Crippen LogP contribution in [0.2, 0.25) is 0 Å². The third-order valence-electron chi connectivity index (χ3n) is 5.24. The van der Waals surface area contributed by atoms with E-state index >= 15 is 0 Å². The highest BCUT2D eigenvalue weighted by atomic mass is 16.2. The van der Waals surface area contributed by atoms with Crippen molar-refractivity contribution in [1.82, 2.24) is 10.2 Å². The summed E-state index contributed by atoms with van der Waals surface area (Å²) in [4.78, 5) is 27.3. The Balaban J connectivity index is 1.62. The van der Waals surface area contributed by atoms with Gasteiger partial charge < -0.3 is 10.2 Å². The lowest BCUT2D eigenvalue weighted by atomic mass is 9.96. The second kappa shape index (κ2) is 6.34. The fourth-order valence-electron chi connectivity index (χ4n) is 3.49. The van der Waals surface area contributed by atoms with Crippen LogP contribution in [-0.2, 0) is 16.1 Å². The summed E-state index contributed by atoms with van der Waals surface area (Å²) >= 11 is 0. The summed E-state index contributed by atoms with van der Waals surface area (Å²) in [6.45, 7) is 6.31. The molecule has 1 aliphatic heterocycles. The lowest BCUT2D eigenvalue weighted by molar-refractivity contribution is -0.145. The van der Waals surface area contributed by atoms with Gasteiger partial charge in [0.25, 0.3) is 0 Å². The van der Waals surface area contributed by atoms with Crippen molar-refractivity contribution in [2.75, 3.05) is 13.1 Å². The van der Waals surface area contributed by atoms with Crippen molar-refractivity contribution in [1.29, 1.82) is 0 Å². The molecular weight excluding hydrogens is 288 g/mol. The van der Waals surface area contributed by atoms with Crippen LogP contribution in [0.5, 0.6) is 0 Å². The first-order valence-corrected chi connectivity index (χ1v) is 8.65. The summed E-state index contributed by atoms with van der Waals surface area (Å²) in [6.07, 6.45) is 3.61. The maximum Gasteiger partial charge on any atom is 0.238 e. The highest BCUT2D eigenvalue weighted by Gasteiger charge is 2.58. The van der Waals surface area contributed by atoms with Crippen LogP contribution in [0, 0.1) is 18.3 Å². The number of nitrogens with one attached hydrogen (secondary N) is 1. The maximum atomic E-state index is 12.8. The van der Waals surface area contributed by atoms with Crippen molar-refractivity contribution in [3.8, 4) is 0 Å². The SMILES string of the molecule is Cc1ccccc1CNC(=O)C1(C(=O)N2CCCC(C)C2)CC1. The van der Waals surface area contributed by atoms with Gasteiger partial charge >= 0.3 is 0 Å². The zero-order valence-corrected chi connectivity index (χ0v) is 14.1. The second-order valence-corrected chi connectivity index (χ2v) is 7.19. The molecule has 4 nitrogen and oxygen atoms in total. The Morgan fingerprint density at radius 2 is 2.04 bits per heavy atom. The second-order valence-electron chi connectivity index (χ2n) is 7.19. The molecule has 0 radical (unpaired) electrons. The molecular formula is C19H26N2O2. The molecule has 1 saturated heterocycles. The summed E-state index contributed by atoms with van der Waals surface area (Å²) in [5.41, 5.74) is 1.49. The molecule has 4 heteroatoms. The molecule has 124 valence electrons. The van der Waals surface area contributed by atoms with E-state index in [1.807, 2.05) is 36.1 Å². The Hall–Kier alpha value is -1.84. The molecule has 1 aliphatic carbocycles. The third-order valence-corrected chi connectivity index (χ3v) is 5.24. The molecule has 1 aromatic carbocycles. The van der Waals surface area contributed by atoms with Gasteiger partial charge in [-0.1, -0.05) is 31.2 Å². The van der Waals surface area contributed by atoms with Gasteiger partial charge in [-0.2, -0.15) is 0 Å². The van der Waals surface area contributed by atoms with Crippen molar-refractivity contribution in [3.63, 3.8) is 0 Å². The molecule has 1 heterocycles. The summed E-state index contributed by atoms with van der Waals surface area (Å²) in [5, 5.41) is 2.99. The van der Waals surface area contributed by atoms with Crippen LogP contribution >= 0.6 is 0 Å². The minimum absolute atomic E-state index is 0.0475. The molecule has 1 atom stereocenters. The third kappa shape index (κ3) is 3.26. The number of carbonyl (C=O) groups excluding carboxylic acids is 2. The summed E-state index contributed by atoms with van der Waals surface area (Å²) in [5.74, 6) is 0.494. The van der Waals surface area contributed by atoms with Crippen molar-refractivity contribution in [3.05, 3.63) is 35.4 Å². The Morgan fingerprint density at radius 3 is 2.70 bits per heavy atom. The quantitative estimate of drug-likeness (QED) is 0.869. The maximum absolute atomic E-state index is 12.8. The number of hydrogen-bond donors (Lipinski definition) is 1. The van der Waals surface area contributed by atoms with E-state index < -0.39 is 5.41 Å². The molecule has 1 saturated carbocycles. The van der Waals surface area contributed by atoms with E-state index in [4.69, 9.17) is 0 Å². The Bertz CT molecular complexity index is 607. The monoisotopic (exact) mass is 314 g/mol. The van der Waals surface area contributed by atoms with Gasteiger partial charge in [0, 0.05) is 19.6 Å². The molecule has 1 aromatic rings. The molecule has 2 aliphatic rings. The molecule has 2 fully saturated rings. The van der Waals surface area contributed by atoms with Crippen LogP contribution in [0.25, 0.3) is 0 Å². The minimum atomic E-state index is -0.778. The van der Waals surface area contributed by atoms with E-state index in [9.17, 15) is 9.59 Å². The van der Waals surface area contributed by atoms with Crippen LogP contribution in [0.15, 0.2) is 24.3 Å². The average molecular weight is 314 g/mol. The predicted molar refractivity (Wildman–Crippen MR) is 89.7 cm³/mol. The van der Waals surface area contributed by atoms with Crippen LogP contribution in [0.3, 0.4) is 0 Å². The smallest absolute Gasteiger partial charge is 0.238 e. The van der Waals surface area contributed by atoms with Gasteiger partial charge in [0.05, 0.1) is 0 Å². The van der Waals surface area contributed by atoms with E-state index in [1.165, 1.54) is 6.42 Å². The topological polar surface area (TPSA) is 49.4 Å². The van der Waals surface area contributed by atoms with Gasteiger partial charge in [-0.05, 0) is 49.7 Å². The van der Waals surface area contributed by atoms with Crippen molar-refractivity contribution in [2.24, 2.45) is 11.3 Å². The van der Waals surface area contributed by atoms with Crippen LogP contribution in [-0.4, -0.2) is 29.8 Å². The van der Waals surface area contributed by atoms with E-state index in [-0.39, 0.29) is 11.8 Å². The van der Waals surface area contributed by atoms with Gasteiger partial charge in [-0.15, -0.1) is 0 Å². The average Bonchev–Trinajstić information content (AvgIpc) is 3.35. The highest BCUT2D eigenvalue weighted by Crippen LogP contribution is 2.48. The number of aryl methyl sites for hydroxylation is 1. The van der Waals surface area contributed by atoms with Crippen molar-refractivity contribution < 1.29 is 9.59 Å². The first kappa shape index (κ1) is 16.0. The van der Waals surface area contributed by atoms with E-state index in [0.717, 1.165) is 30.6 Å². The Kier molecular flexibility index (Phi) is 4.42. The molecule has 3 rings (SSSR count). The molecule has 1 unspecified atom stereocenters. The van der Waals surface area contributed by atoms with Gasteiger partial charge in [-0.25, -0.2) is 0 Å². The molecule has 23 heavy (non-hydrogen) atoms. The van der Waals surface area contributed by atoms with E-state index in [2.05, 4.69) is 12.2 Å². The number of piperidine rings is 1. The fraction of sp³-hybridized carbons (Fsp3) is 0.579. The van der Waals surface area contributed by atoms with Crippen LogP contribution < -0.4 is 5.32 Å².